The van der Waals surface area contributed by atoms with Crippen molar-refractivity contribution >= 4 is 23.1 Å². The Labute approximate surface area is 79.3 Å². The van der Waals surface area contributed by atoms with Crippen molar-refractivity contribution < 1.29 is 14.3 Å². The van der Waals surface area contributed by atoms with Gasteiger partial charge in [0, 0.05) is 0 Å². The van der Waals surface area contributed by atoms with Crippen LogP contribution in [0.2, 0.25) is 0 Å². The Balaban J connectivity index is 2.86. The van der Waals surface area contributed by atoms with Gasteiger partial charge in [0.15, 0.2) is 5.78 Å². The number of esters is 1. The monoisotopic (exact) mass is 199 g/mol. The zero-order valence-corrected chi connectivity index (χ0v) is 7.89. The van der Waals surface area contributed by atoms with Crippen LogP contribution in [0.1, 0.15) is 19.3 Å². The molecule has 2 N–H and O–H groups in total. The number of carbonyl (C=O) groups is 2. The van der Waals surface area contributed by atoms with Gasteiger partial charge in [0.2, 0.25) is 0 Å². The molecule has 0 fully saturated rings. The molecular formula is C8H9NO3S. The fraction of sp³-hybridized carbons (Fsp3) is 0.250. The van der Waals surface area contributed by atoms with E-state index in [1.807, 2.05) is 0 Å². The van der Waals surface area contributed by atoms with Crippen molar-refractivity contribution in [1.29, 1.82) is 0 Å². The number of ether oxygens (including phenoxy) is 1. The molecule has 0 aliphatic heterocycles. The van der Waals surface area contributed by atoms with E-state index < -0.39 is 5.97 Å². The number of methoxy groups -OCH3 is 1. The van der Waals surface area contributed by atoms with Gasteiger partial charge in [0.1, 0.15) is 4.88 Å². The molecule has 0 bridgehead atoms. The Hall–Kier alpha value is -1.20. The van der Waals surface area contributed by atoms with Gasteiger partial charge in [-0.3, -0.25) is 4.79 Å². The largest absolute Gasteiger partial charge is 0.465 e. The minimum absolute atomic E-state index is 0.0405. The normalized spacial score (nSPS) is 9.69. The van der Waals surface area contributed by atoms with Crippen molar-refractivity contribution in [2.24, 2.45) is 5.73 Å². The van der Waals surface area contributed by atoms with Gasteiger partial charge in [-0.1, -0.05) is 0 Å². The number of nitrogens with two attached hydrogens (primary N) is 1. The molecule has 1 aromatic rings. The van der Waals surface area contributed by atoms with Crippen LogP contribution >= 0.6 is 11.3 Å². The van der Waals surface area contributed by atoms with Crippen molar-refractivity contribution in [3.8, 4) is 0 Å². The highest BCUT2D eigenvalue weighted by atomic mass is 32.1. The maximum Gasteiger partial charge on any atom is 0.348 e. The van der Waals surface area contributed by atoms with Crippen molar-refractivity contribution in [3.63, 3.8) is 0 Å². The molecule has 0 aliphatic carbocycles. The summed E-state index contributed by atoms with van der Waals surface area (Å²) in [5.74, 6) is -0.596. The van der Waals surface area contributed by atoms with E-state index in [-0.39, 0.29) is 12.3 Å². The highest BCUT2D eigenvalue weighted by Gasteiger charge is 2.12. The number of carbonyl (C=O) groups excluding carboxylic acids is 2. The molecule has 70 valence electrons. The maximum atomic E-state index is 11.1. The third-order valence-electron chi connectivity index (χ3n) is 1.45. The lowest BCUT2D eigenvalue weighted by Gasteiger charge is -1.92. The second-order valence-corrected chi connectivity index (χ2v) is 3.37. The van der Waals surface area contributed by atoms with E-state index in [1.165, 1.54) is 7.11 Å². The molecule has 0 amide bonds. The first-order chi connectivity index (χ1) is 6.19. The molecule has 0 unspecified atom stereocenters. The molecule has 1 heterocycles. The third-order valence-corrected chi connectivity index (χ3v) is 2.56. The quantitative estimate of drug-likeness (QED) is 0.574. The van der Waals surface area contributed by atoms with Crippen LogP contribution in [-0.2, 0) is 4.74 Å². The van der Waals surface area contributed by atoms with Crippen molar-refractivity contribution in [3.05, 3.63) is 21.9 Å². The number of hydrogen-bond donors (Lipinski definition) is 1. The lowest BCUT2D eigenvalue weighted by Crippen LogP contribution is -2.11. The summed E-state index contributed by atoms with van der Waals surface area (Å²) in [6, 6.07) is 3.13. The average Bonchev–Trinajstić information content (AvgIpc) is 2.64. The number of Topliss-reactive ketones (excluding diaryl/α,β-unsaturated/α-hetero) is 1. The smallest absolute Gasteiger partial charge is 0.348 e. The summed E-state index contributed by atoms with van der Waals surface area (Å²) < 4.78 is 4.49. The SMILES string of the molecule is COC(=O)c1ccc(C(=O)CN)s1. The maximum absolute atomic E-state index is 11.1. The van der Waals surface area contributed by atoms with Crippen LogP contribution in [0.5, 0.6) is 0 Å². The van der Waals surface area contributed by atoms with E-state index in [2.05, 4.69) is 4.74 Å². The fourth-order valence-electron chi connectivity index (χ4n) is 0.799. The molecule has 0 aliphatic rings. The van der Waals surface area contributed by atoms with Crippen LogP contribution in [0.3, 0.4) is 0 Å². The van der Waals surface area contributed by atoms with Gasteiger partial charge >= 0.3 is 5.97 Å². The van der Waals surface area contributed by atoms with Crippen LogP contribution in [0.4, 0.5) is 0 Å². The van der Waals surface area contributed by atoms with Gasteiger partial charge in [-0.15, -0.1) is 11.3 Å². The van der Waals surface area contributed by atoms with E-state index in [4.69, 9.17) is 5.73 Å². The highest BCUT2D eigenvalue weighted by Crippen LogP contribution is 2.17. The predicted octanol–water partition coefficient (Wildman–Crippen LogP) is 0.676. The molecule has 0 spiro atoms. The molecule has 4 nitrogen and oxygen atoms in total. The van der Waals surface area contributed by atoms with Gasteiger partial charge in [-0.2, -0.15) is 0 Å². The van der Waals surface area contributed by atoms with Crippen LogP contribution in [-0.4, -0.2) is 25.4 Å². The van der Waals surface area contributed by atoms with E-state index >= 15 is 0 Å². The second-order valence-electron chi connectivity index (χ2n) is 2.28. The number of ketones is 1. The molecule has 1 rings (SSSR count). The van der Waals surface area contributed by atoms with Gasteiger partial charge in [0.05, 0.1) is 18.5 Å². The summed E-state index contributed by atoms with van der Waals surface area (Å²) in [7, 11) is 1.30. The molecular weight excluding hydrogens is 190 g/mol. The van der Waals surface area contributed by atoms with Crippen LogP contribution < -0.4 is 5.73 Å². The Morgan fingerprint density at radius 3 is 2.62 bits per heavy atom. The van der Waals surface area contributed by atoms with Crippen LogP contribution in [0.15, 0.2) is 12.1 Å². The first-order valence-corrected chi connectivity index (χ1v) is 4.42. The Bertz CT molecular complexity index is 301. The van der Waals surface area contributed by atoms with Crippen molar-refractivity contribution in [2.45, 2.75) is 0 Å². The van der Waals surface area contributed by atoms with Crippen molar-refractivity contribution in [1.82, 2.24) is 0 Å². The fourth-order valence-corrected chi connectivity index (χ4v) is 1.67. The second kappa shape index (κ2) is 4.15. The number of hydrogen-bond acceptors (Lipinski definition) is 5. The van der Waals surface area contributed by atoms with Gasteiger partial charge < -0.3 is 10.5 Å². The molecule has 0 saturated heterocycles. The van der Waals surface area contributed by atoms with Crippen LogP contribution in [0.25, 0.3) is 0 Å². The molecule has 0 aromatic carbocycles. The lowest BCUT2D eigenvalue weighted by atomic mass is 10.3. The average molecular weight is 199 g/mol. The molecule has 5 heteroatoms. The molecule has 0 atom stereocenters. The van der Waals surface area contributed by atoms with E-state index in [9.17, 15) is 9.59 Å². The zero-order valence-electron chi connectivity index (χ0n) is 7.07. The van der Waals surface area contributed by atoms with Crippen LogP contribution in [0, 0.1) is 0 Å². The summed E-state index contributed by atoms with van der Waals surface area (Å²) in [6.07, 6.45) is 0. The van der Waals surface area contributed by atoms with Gasteiger partial charge in [0.25, 0.3) is 0 Å². The minimum Gasteiger partial charge on any atom is -0.465 e. The highest BCUT2D eigenvalue weighted by molar-refractivity contribution is 7.15. The summed E-state index contributed by atoms with van der Waals surface area (Å²) >= 11 is 1.09. The van der Waals surface area contributed by atoms with Crippen molar-refractivity contribution in [2.75, 3.05) is 13.7 Å². The molecule has 1 aromatic heterocycles. The summed E-state index contributed by atoms with van der Waals surface area (Å²) in [5.41, 5.74) is 5.16. The first kappa shape index (κ1) is 9.88. The minimum atomic E-state index is -0.430. The summed E-state index contributed by atoms with van der Waals surface area (Å²) in [6.45, 7) is -0.0405. The summed E-state index contributed by atoms with van der Waals surface area (Å²) in [5, 5.41) is 0. The third kappa shape index (κ3) is 2.13. The van der Waals surface area contributed by atoms with Gasteiger partial charge in [-0.05, 0) is 12.1 Å². The lowest BCUT2D eigenvalue weighted by molar-refractivity contribution is 0.0606. The van der Waals surface area contributed by atoms with Gasteiger partial charge in [-0.25, -0.2) is 4.79 Å². The number of thiophene rings is 1. The predicted molar refractivity (Wildman–Crippen MR) is 49.0 cm³/mol. The molecule has 0 radical (unpaired) electrons. The number of rotatable bonds is 3. The zero-order chi connectivity index (χ0) is 9.84. The van der Waals surface area contributed by atoms with E-state index in [0.29, 0.717) is 9.75 Å². The standard InChI is InChI=1S/C8H9NO3S/c1-12-8(11)7-3-2-6(13-7)5(10)4-9/h2-3H,4,9H2,1H3. The Morgan fingerprint density at radius 1 is 1.46 bits per heavy atom. The molecule has 0 saturated carbocycles. The summed E-state index contributed by atoms with van der Waals surface area (Å²) in [4.78, 5) is 23.0. The first-order valence-electron chi connectivity index (χ1n) is 3.60. The molecule has 13 heavy (non-hydrogen) atoms. The Kier molecular flexibility index (Phi) is 3.16. The van der Waals surface area contributed by atoms with E-state index in [0.717, 1.165) is 11.3 Å². The van der Waals surface area contributed by atoms with E-state index in [1.54, 1.807) is 12.1 Å². The Morgan fingerprint density at radius 2 is 2.08 bits per heavy atom. The topological polar surface area (TPSA) is 69.4 Å².